The van der Waals surface area contributed by atoms with Crippen molar-refractivity contribution in [2.24, 2.45) is 13.0 Å². The number of hydrogen-bond acceptors (Lipinski definition) is 1. The van der Waals surface area contributed by atoms with Crippen LogP contribution in [0.4, 0.5) is 0 Å². The van der Waals surface area contributed by atoms with Gasteiger partial charge in [0.05, 0.1) is 5.56 Å². The molecule has 0 aliphatic heterocycles. The molecule has 1 heterocycles. The van der Waals surface area contributed by atoms with E-state index < -0.39 is 0 Å². The second-order valence-electron chi connectivity index (χ2n) is 12.6. The quantitative estimate of drug-likeness (QED) is 0.228. The Morgan fingerprint density at radius 2 is 1.39 bits per heavy atom. The van der Waals surface area contributed by atoms with Crippen LogP contribution in [0, 0.1) is 19.8 Å². The van der Waals surface area contributed by atoms with Gasteiger partial charge in [-0.05, 0) is 101 Å². The van der Waals surface area contributed by atoms with Crippen molar-refractivity contribution in [3.8, 4) is 22.4 Å². The van der Waals surface area contributed by atoms with E-state index in [2.05, 4.69) is 130 Å². The van der Waals surface area contributed by atoms with E-state index in [4.69, 9.17) is 4.98 Å². The first kappa shape index (κ1) is 28.0. The summed E-state index contributed by atoms with van der Waals surface area (Å²) in [5.41, 5.74) is 15.7. The smallest absolute Gasteiger partial charge is 0.231 e. The fourth-order valence-electron chi connectivity index (χ4n) is 5.71. The van der Waals surface area contributed by atoms with Gasteiger partial charge in [-0.1, -0.05) is 79.7 Å². The summed E-state index contributed by atoms with van der Waals surface area (Å²) in [6.07, 6.45) is 3.15. The summed E-state index contributed by atoms with van der Waals surface area (Å²) >= 11 is 0. The molecule has 0 N–H and O–H groups in total. The van der Waals surface area contributed by atoms with Crippen molar-refractivity contribution < 1.29 is 4.57 Å². The van der Waals surface area contributed by atoms with Gasteiger partial charge in [0.1, 0.15) is 18.8 Å². The summed E-state index contributed by atoms with van der Waals surface area (Å²) < 4.78 is 2.32. The molecule has 200 valence electrons. The second kappa shape index (κ2) is 11.0. The maximum absolute atomic E-state index is 4.96. The van der Waals surface area contributed by atoms with Crippen molar-refractivity contribution in [2.75, 3.05) is 0 Å². The molecule has 2 heteroatoms. The zero-order valence-electron chi connectivity index (χ0n) is 25.5. The SMILES string of the molecule is Cc1cc(-c2c(C(C)C)cc(C(C)C)cc2C(C)C)cc(-c2cnc3cc(CC(C)C)ccc3[n+]2C)c1C. The van der Waals surface area contributed by atoms with Gasteiger partial charge in [0.15, 0.2) is 0 Å². The molecule has 38 heavy (non-hydrogen) atoms. The summed E-state index contributed by atoms with van der Waals surface area (Å²) in [5, 5.41) is 0. The van der Waals surface area contributed by atoms with Crippen LogP contribution in [0.15, 0.2) is 48.7 Å². The van der Waals surface area contributed by atoms with Crippen LogP contribution in [0.2, 0.25) is 0 Å². The van der Waals surface area contributed by atoms with E-state index in [9.17, 15) is 0 Å². The van der Waals surface area contributed by atoms with Gasteiger partial charge < -0.3 is 0 Å². The molecule has 0 aliphatic rings. The summed E-state index contributed by atoms with van der Waals surface area (Å²) in [6.45, 7) is 23.0. The average Bonchev–Trinajstić information content (AvgIpc) is 2.84. The van der Waals surface area contributed by atoms with E-state index >= 15 is 0 Å². The van der Waals surface area contributed by atoms with E-state index in [0.717, 1.165) is 17.6 Å². The number of aryl methyl sites for hydroxylation is 2. The Labute approximate surface area is 231 Å². The predicted octanol–water partition coefficient (Wildman–Crippen LogP) is 9.58. The highest BCUT2D eigenvalue weighted by atomic mass is 15.0. The van der Waals surface area contributed by atoms with Crippen LogP contribution < -0.4 is 4.57 Å². The maximum Gasteiger partial charge on any atom is 0.231 e. The molecule has 0 saturated carbocycles. The minimum Gasteiger partial charge on any atom is -0.243 e. The van der Waals surface area contributed by atoms with E-state index in [1.807, 2.05) is 0 Å². The van der Waals surface area contributed by atoms with Crippen molar-refractivity contribution in [3.05, 3.63) is 82.0 Å². The second-order valence-corrected chi connectivity index (χ2v) is 12.6. The van der Waals surface area contributed by atoms with Crippen LogP contribution in [-0.2, 0) is 13.5 Å². The molecule has 1 aromatic heterocycles. The van der Waals surface area contributed by atoms with Gasteiger partial charge in [0.2, 0.25) is 11.2 Å². The van der Waals surface area contributed by atoms with Crippen molar-refractivity contribution in [1.82, 2.24) is 4.98 Å². The lowest BCUT2D eigenvalue weighted by atomic mass is 9.80. The fourth-order valence-corrected chi connectivity index (χ4v) is 5.71. The van der Waals surface area contributed by atoms with E-state index in [0.29, 0.717) is 23.7 Å². The number of nitrogens with zero attached hydrogens (tertiary/aromatic N) is 2. The van der Waals surface area contributed by atoms with Crippen molar-refractivity contribution in [2.45, 2.75) is 93.4 Å². The van der Waals surface area contributed by atoms with E-state index in [1.165, 1.54) is 55.6 Å². The van der Waals surface area contributed by atoms with Gasteiger partial charge in [0.25, 0.3) is 0 Å². The van der Waals surface area contributed by atoms with Crippen molar-refractivity contribution in [1.29, 1.82) is 0 Å². The van der Waals surface area contributed by atoms with Crippen LogP contribution >= 0.6 is 0 Å². The van der Waals surface area contributed by atoms with E-state index in [-0.39, 0.29) is 0 Å². The molecular formula is C36H47N2+. The summed E-state index contributed by atoms with van der Waals surface area (Å²) in [4.78, 5) is 4.96. The predicted molar refractivity (Wildman–Crippen MR) is 164 cm³/mol. The lowest BCUT2D eigenvalue weighted by Crippen LogP contribution is -2.32. The molecule has 4 rings (SSSR count). The van der Waals surface area contributed by atoms with Crippen LogP contribution in [0.1, 0.15) is 107 Å². The number of fused-ring (bicyclic) bond motifs is 1. The normalized spacial score (nSPS) is 12.1. The highest BCUT2D eigenvalue weighted by Crippen LogP contribution is 2.41. The van der Waals surface area contributed by atoms with Crippen LogP contribution in [0.25, 0.3) is 33.4 Å². The van der Waals surface area contributed by atoms with Gasteiger partial charge >= 0.3 is 0 Å². The first-order chi connectivity index (χ1) is 17.9. The molecular weight excluding hydrogens is 460 g/mol. The minimum atomic E-state index is 0.449. The Bertz CT molecular complexity index is 1440. The molecule has 0 spiro atoms. The van der Waals surface area contributed by atoms with Crippen LogP contribution in [-0.4, -0.2) is 4.98 Å². The van der Waals surface area contributed by atoms with Gasteiger partial charge in [-0.25, -0.2) is 4.98 Å². The molecule has 3 aromatic carbocycles. The van der Waals surface area contributed by atoms with Crippen LogP contribution in [0.3, 0.4) is 0 Å². The fraction of sp³-hybridized carbons (Fsp3) is 0.444. The number of hydrogen-bond donors (Lipinski definition) is 0. The molecule has 0 radical (unpaired) electrons. The Hall–Kier alpha value is -3.00. The zero-order valence-corrected chi connectivity index (χ0v) is 25.5. The number of aromatic nitrogens is 2. The van der Waals surface area contributed by atoms with Gasteiger partial charge in [-0.2, -0.15) is 4.57 Å². The molecule has 0 amide bonds. The summed E-state index contributed by atoms with van der Waals surface area (Å²) in [6, 6.07) is 16.5. The Morgan fingerprint density at radius 3 is 1.95 bits per heavy atom. The third-order valence-electron chi connectivity index (χ3n) is 8.10. The Kier molecular flexibility index (Phi) is 8.12. The van der Waals surface area contributed by atoms with Crippen molar-refractivity contribution in [3.63, 3.8) is 0 Å². The van der Waals surface area contributed by atoms with Gasteiger partial charge in [-0.3, -0.25) is 0 Å². The number of benzene rings is 3. The Morgan fingerprint density at radius 1 is 0.763 bits per heavy atom. The topological polar surface area (TPSA) is 16.8 Å². The van der Waals surface area contributed by atoms with Gasteiger partial charge in [-0.15, -0.1) is 0 Å². The summed E-state index contributed by atoms with van der Waals surface area (Å²) in [5.74, 6) is 2.04. The molecule has 0 fully saturated rings. The molecule has 2 nitrogen and oxygen atoms in total. The highest BCUT2D eigenvalue weighted by molar-refractivity contribution is 5.80. The third kappa shape index (κ3) is 5.41. The monoisotopic (exact) mass is 507 g/mol. The summed E-state index contributed by atoms with van der Waals surface area (Å²) in [7, 11) is 2.18. The standard InChI is InChI=1S/C36H47N2/c1-21(2)14-27-12-13-34-33(16-27)37-20-35(38(34)11)32-19-29(15-25(9)26(32)10)36-30(23(5)6)17-28(22(3)4)18-31(36)24(7)8/h12-13,15-24H,14H2,1-11H3/q+1. The van der Waals surface area contributed by atoms with Crippen LogP contribution in [0.5, 0.6) is 0 Å². The molecule has 0 bridgehead atoms. The molecule has 0 aliphatic carbocycles. The first-order valence-corrected chi connectivity index (χ1v) is 14.5. The first-order valence-electron chi connectivity index (χ1n) is 14.5. The maximum atomic E-state index is 4.96. The third-order valence-corrected chi connectivity index (χ3v) is 8.10. The molecule has 0 atom stereocenters. The van der Waals surface area contributed by atoms with E-state index in [1.54, 1.807) is 0 Å². The Balaban J connectivity index is 1.95. The molecule has 0 saturated heterocycles. The lowest BCUT2D eigenvalue weighted by Gasteiger charge is -2.24. The van der Waals surface area contributed by atoms with Crippen molar-refractivity contribution >= 4 is 11.0 Å². The van der Waals surface area contributed by atoms with Gasteiger partial charge in [0, 0.05) is 6.07 Å². The molecule has 4 aromatic rings. The minimum absolute atomic E-state index is 0.449. The zero-order chi connectivity index (χ0) is 27.9. The largest absolute Gasteiger partial charge is 0.243 e. The average molecular weight is 508 g/mol. The molecule has 0 unspecified atom stereocenters. The lowest BCUT2D eigenvalue weighted by molar-refractivity contribution is -0.634. The number of rotatable bonds is 7. The highest BCUT2D eigenvalue weighted by Gasteiger charge is 2.23.